The second kappa shape index (κ2) is 7.37. The Hall–Kier alpha value is -2.52. The molecule has 2 aromatic rings. The molecule has 0 heterocycles. The molecule has 0 spiro atoms. The highest BCUT2D eigenvalue weighted by Crippen LogP contribution is 2.23. The van der Waals surface area contributed by atoms with Crippen molar-refractivity contribution in [2.24, 2.45) is 5.14 Å². The average molecular weight is 353 g/mol. The predicted octanol–water partition coefficient (Wildman–Crippen LogP) is 2.43. The van der Waals surface area contributed by atoms with E-state index in [1.165, 1.54) is 24.3 Å². The van der Waals surface area contributed by atoms with Gasteiger partial charge in [-0.3, -0.25) is 10.1 Å². The minimum Gasteiger partial charge on any atom is -0.385 e. The third-order valence-electron chi connectivity index (χ3n) is 3.29. The molecule has 128 valence electrons. The molecule has 0 saturated heterocycles. The molecule has 0 aliphatic carbocycles. The van der Waals surface area contributed by atoms with Gasteiger partial charge < -0.3 is 5.32 Å². The first-order valence-electron chi connectivity index (χ1n) is 7.06. The molecule has 2 aromatic carbocycles. The number of hydrogen-bond donors (Lipinski definition) is 2. The maximum atomic E-state index is 13.1. The van der Waals surface area contributed by atoms with Gasteiger partial charge in [0, 0.05) is 24.4 Å². The van der Waals surface area contributed by atoms with Gasteiger partial charge in [0.15, 0.2) is 0 Å². The summed E-state index contributed by atoms with van der Waals surface area (Å²) in [4.78, 5) is 9.87. The molecule has 0 fully saturated rings. The van der Waals surface area contributed by atoms with Crippen LogP contribution in [0.4, 0.5) is 15.8 Å². The lowest BCUT2D eigenvalue weighted by atomic mass is 10.1. The minimum absolute atomic E-state index is 0.285. The Labute approximate surface area is 138 Å². The van der Waals surface area contributed by atoms with Crippen molar-refractivity contribution in [3.8, 4) is 0 Å². The van der Waals surface area contributed by atoms with Crippen molar-refractivity contribution in [1.29, 1.82) is 0 Å². The van der Waals surface area contributed by atoms with E-state index in [2.05, 4.69) is 5.32 Å². The molecule has 0 saturated carbocycles. The van der Waals surface area contributed by atoms with Gasteiger partial charge in [0.1, 0.15) is 5.82 Å². The predicted molar refractivity (Wildman–Crippen MR) is 87.7 cm³/mol. The summed E-state index contributed by atoms with van der Waals surface area (Å²) in [7, 11) is -4.05. The van der Waals surface area contributed by atoms with Crippen LogP contribution in [0.5, 0.6) is 0 Å². The number of aryl methyl sites for hydroxylation is 1. The second-order valence-electron chi connectivity index (χ2n) is 5.18. The van der Waals surface area contributed by atoms with E-state index >= 15 is 0 Å². The summed E-state index contributed by atoms with van der Waals surface area (Å²) in [5.74, 6) is -0.308. The van der Waals surface area contributed by atoms with Crippen LogP contribution in [0.25, 0.3) is 0 Å². The number of hydrogen-bond acceptors (Lipinski definition) is 5. The first-order chi connectivity index (χ1) is 11.3. The van der Waals surface area contributed by atoms with Crippen LogP contribution < -0.4 is 10.5 Å². The van der Waals surface area contributed by atoms with Crippen LogP contribution in [-0.4, -0.2) is 19.9 Å². The lowest BCUT2D eigenvalue weighted by Crippen LogP contribution is -2.13. The molecule has 0 atom stereocenters. The number of non-ortho nitro benzene ring substituents is 1. The molecule has 9 heteroatoms. The molecule has 7 nitrogen and oxygen atoms in total. The molecule has 2 rings (SSSR count). The minimum atomic E-state index is -4.05. The van der Waals surface area contributed by atoms with Crippen LogP contribution in [0.3, 0.4) is 0 Å². The molecule has 3 N–H and O–H groups in total. The molecular weight excluding hydrogens is 337 g/mol. The van der Waals surface area contributed by atoms with Crippen molar-refractivity contribution >= 4 is 21.4 Å². The summed E-state index contributed by atoms with van der Waals surface area (Å²) in [5, 5.41) is 18.8. The first-order valence-corrected chi connectivity index (χ1v) is 8.61. The third kappa shape index (κ3) is 5.00. The van der Waals surface area contributed by atoms with E-state index in [9.17, 15) is 22.9 Å². The number of nitrogens with two attached hydrogens (primary N) is 1. The molecule has 0 amide bonds. The summed E-state index contributed by atoms with van der Waals surface area (Å²) < 4.78 is 35.9. The number of nitrogens with one attached hydrogen (secondary N) is 1. The van der Waals surface area contributed by atoms with Crippen LogP contribution in [0.1, 0.15) is 12.0 Å². The van der Waals surface area contributed by atoms with E-state index in [4.69, 9.17) is 5.14 Å². The van der Waals surface area contributed by atoms with Gasteiger partial charge in [-0.15, -0.1) is 0 Å². The Morgan fingerprint density at radius 2 is 1.96 bits per heavy atom. The Bertz CT molecular complexity index is 856. The molecular formula is C15H16FN3O4S. The Kier molecular flexibility index (Phi) is 5.47. The Morgan fingerprint density at radius 1 is 1.21 bits per heavy atom. The van der Waals surface area contributed by atoms with Crippen molar-refractivity contribution in [2.45, 2.75) is 17.7 Å². The zero-order valence-corrected chi connectivity index (χ0v) is 13.4. The fourth-order valence-electron chi connectivity index (χ4n) is 2.17. The number of sulfonamides is 1. The summed E-state index contributed by atoms with van der Waals surface area (Å²) in [6, 6.07) is 9.60. The number of halogens is 1. The fourth-order valence-corrected chi connectivity index (χ4v) is 2.75. The van der Waals surface area contributed by atoms with E-state index in [-0.39, 0.29) is 22.1 Å². The van der Waals surface area contributed by atoms with Crippen molar-refractivity contribution in [3.05, 3.63) is 64.0 Å². The normalized spacial score (nSPS) is 11.2. The molecule has 0 unspecified atom stereocenters. The number of nitro benzene ring substituents is 1. The number of nitrogens with zero attached hydrogens (tertiary/aromatic N) is 1. The van der Waals surface area contributed by atoms with Crippen molar-refractivity contribution in [3.63, 3.8) is 0 Å². The van der Waals surface area contributed by atoms with Gasteiger partial charge >= 0.3 is 0 Å². The average Bonchev–Trinajstić information content (AvgIpc) is 2.50. The van der Waals surface area contributed by atoms with E-state index in [1.54, 1.807) is 12.1 Å². The highest BCUT2D eigenvalue weighted by molar-refractivity contribution is 7.89. The number of benzene rings is 2. The van der Waals surface area contributed by atoms with E-state index in [1.807, 2.05) is 0 Å². The van der Waals surface area contributed by atoms with Gasteiger partial charge in [0.05, 0.1) is 9.82 Å². The molecule has 0 aliphatic rings. The van der Waals surface area contributed by atoms with Gasteiger partial charge in [-0.1, -0.05) is 12.1 Å². The van der Waals surface area contributed by atoms with Crippen LogP contribution in [0.2, 0.25) is 0 Å². The van der Waals surface area contributed by atoms with Gasteiger partial charge in [-0.25, -0.2) is 17.9 Å². The monoisotopic (exact) mass is 353 g/mol. The SMILES string of the molecule is NS(=O)(=O)c1cc(NCCCc2cccc(F)c2)cc([N+](=O)[O-])c1. The standard InChI is InChI=1S/C15H16FN3O4S/c16-12-5-1-3-11(7-12)4-2-6-18-13-8-14(19(20)21)10-15(9-13)24(17,22)23/h1,3,5,7-10,18H,2,4,6H2,(H2,17,22,23). The topological polar surface area (TPSA) is 115 Å². The molecule has 0 radical (unpaired) electrons. The van der Waals surface area contributed by atoms with Crippen molar-refractivity contribution < 1.29 is 17.7 Å². The number of primary sulfonamides is 1. The summed E-state index contributed by atoms with van der Waals surface area (Å²) in [6.45, 7) is 0.432. The summed E-state index contributed by atoms with van der Waals surface area (Å²) >= 11 is 0. The summed E-state index contributed by atoms with van der Waals surface area (Å²) in [5.41, 5.74) is 0.752. The van der Waals surface area contributed by atoms with Crippen LogP contribution in [0, 0.1) is 15.9 Å². The van der Waals surface area contributed by atoms with Crippen molar-refractivity contribution in [2.75, 3.05) is 11.9 Å². The smallest absolute Gasteiger partial charge is 0.272 e. The fraction of sp³-hybridized carbons (Fsp3) is 0.200. The maximum absolute atomic E-state index is 13.1. The van der Waals surface area contributed by atoms with Crippen LogP contribution in [-0.2, 0) is 16.4 Å². The quantitative estimate of drug-likeness (QED) is 0.450. The van der Waals surface area contributed by atoms with E-state index in [0.717, 1.165) is 11.6 Å². The molecule has 0 aromatic heterocycles. The largest absolute Gasteiger partial charge is 0.385 e. The summed E-state index contributed by atoms with van der Waals surface area (Å²) in [6.07, 6.45) is 1.25. The second-order valence-corrected chi connectivity index (χ2v) is 6.74. The number of nitro groups is 1. The highest BCUT2D eigenvalue weighted by Gasteiger charge is 2.16. The molecule has 0 aliphatic heterocycles. The van der Waals surface area contributed by atoms with Crippen molar-refractivity contribution in [1.82, 2.24) is 0 Å². The van der Waals surface area contributed by atoms with Gasteiger partial charge in [0.2, 0.25) is 10.0 Å². The third-order valence-corrected chi connectivity index (χ3v) is 4.18. The van der Waals surface area contributed by atoms with Gasteiger partial charge in [0.25, 0.3) is 5.69 Å². The van der Waals surface area contributed by atoms with Crippen LogP contribution in [0.15, 0.2) is 47.4 Å². The lowest BCUT2D eigenvalue weighted by Gasteiger charge is -2.08. The van der Waals surface area contributed by atoms with E-state index < -0.39 is 14.9 Å². The number of rotatable bonds is 7. The molecule has 24 heavy (non-hydrogen) atoms. The Morgan fingerprint density at radius 3 is 2.58 bits per heavy atom. The lowest BCUT2D eigenvalue weighted by molar-refractivity contribution is -0.385. The van der Waals surface area contributed by atoms with Gasteiger partial charge in [-0.05, 0) is 36.6 Å². The zero-order chi connectivity index (χ0) is 17.7. The van der Waals surface area contributed by atoms with E-state index in [0.29, 0.717) is 19.4 Å². The zero-order valence-electron chi connectivity index (χ0n) is 12.6. The number of anilines is 1. The van der Waals surface area contributed by atoms with Crippen LogP contribution >= 0.6 is 0 Å². The van der Waals surface area contributed by atoms with Gasteiger partial charge in [-0.2, -0.15) is 0 Å². The maximum Gasteiger partial charge on any atom is 0.272 e. The molecule has 0 bridgehead atoms. The first kappa shape index (κ1) is 17.8. The Balaban J connectivity index is 2.04. The highest BCUT2D eigenvalue weighted by atomic mass is 32.2.